The Hall–Kier alpha value is -2.10. The molecule has 1 aromatic heterocycles. The summed E-state index contributed by atoms with van der Waals surface area (Å²) in [5, 5.41) is 4.61. The lowest BCUT2D eigenvalue weighted by Crippen LogP contribution is -2.38. The first kappa shape index (κ1) is 16.7. The summed E-state index contributed by atoms with van der Waals surface area (Å²) in [5.74, 6) is 0.618. The molecule has 0 N–H and O–H groups in total. The van der Waals surface area contributed by atoms with Crippen LogP contribution in [0.3, 0.4) is 0 Å². The molecule has 0 fully saturated rings. The van der Waals surface area contributed by atoms with E-state index in [2.05, 4.69) is 43.2 Å². The molecular weight excluding hydrogens is 298 g/mol. The second-order valence-corrected chi connectivity index (χ2v) is 7.18. The van der Waals surface area contributed by atoms with Crippen molar-refractivity contribution in [3.05, 3.63) is 52.8 Å². The predicted octanol–water partition coefficient (Wildman–Crippen LogP) is 3.34. The molecule has 1 aromatic carbocycles. The van der Waals surface area contributed by atoms with Crippen molar-refractivity contribution in [3.63, 3.8) is 0 Å². The van der Waals surface area contributed by atoms with E-state index in [4.69, 9.17) is 0 Å². The minimum atomic E-state index is 0.0807. The molecule has 2 aromatic rings. The SMILES string of the molecule is CCn1nc(CC(C)C)cc1C(=O)N(C)C1Cc2ccccc2C1. The summed E-state index contributed by atoms with van der Waals surface area (Å²) in [5.41, 5.74) is 4.46. The van der Waals surface area contributed by atoms with E-state index in [0.717, 1.165) is 31.5 Å². The van der Waals surface area contributed by atoms with Gasteiger partial charge in [-0.3, -0.25) is 9.48 Å². The van der Waals surface area contributed by atoms with E-state index in [9.17, 15) is 4.79 Å². The van der Waals surface area contributed by atoms with Crippen LogP contribution in [0.5, 0.6) is 0 Å². The Morgan fingerprint density at radius 2 is 1.92 bits per heavy atom. The summed E-state index contributed by atoms with van der Waals surface area (Å²) in [6, 6.07) is 10.7. The molecule has 4 nitrogen and oxygen atoms in total. The molecule has 0 aliphatic heterocycles. The van der Waals surface area contributed by atoms with Gasteiger partial charge in [0.2, 0.25) is 0 Å². The second-order valence-electron chi connectivity index (χ2n) is 7.18. The maximum absolute atomic E-state index is 13.0. The van der Waals surface area contributed by atoms with Crippen molar-refractivity contribution in [2.24, 2.45) is 5.92 Å². The van der Waals surface area contributed by atoms with Crippen molar-refractivity contribution in [1.82, 2.24) is 14.7 Å². The van der Waals surface area contributed by atoms with Crippen molar-refractivity contribution in [2.45, 2.75) is 52.6 Å². The number of hydrogen-bond donors (Lipinski definition) is 0. The Morgan fingerprint density at radius 1 is 1.29 bits per heavy atom. The van der Waals surface area contributed by atoms with Gasteiger partial charge in [-0.15, -0.1) is 0 Å². The van der Waals surface area contributed by atoms with Gasteiger partial charge in [-0.2, -0.15) is 5.10 Å². The Morgan fingerprint density at radius 3 is 2.46 bits per heavy atom. The van der Waals surface area contributed by atoms with Crippen LogP contribution in [0.15, 0.2) is 30.3 Å². The predicted molar refractivity (Wildman–Crippen MR) is 96.2 cm³/mol. The molecule has 128 valence electrons. The summed E-state index contributed by atoms with van der Waals surface area (Å²) in [6.07, 6.45) is 2.79. The summed E-state index contributed by atoms with van der Waals surface area (Å²) in [7, 11) is 1.92. The number of carbonyl (C=O) groups excluding carboxylic acids is 1. The third-order valence-electron chi connectivity index (χ3n) is 4.86. The number of aromatic nitrogens is 2. The van der Waals surface area contributed by atoms with Crippen LogP contribution in [0.2, 0.25) is 0 Å². The molecule has 0 saturated carbocycles. The van der Waals surface area contributed by atoms with Gasteiger partial charge in [-0.05, 0) is 49.3 Å². The average molecular weight is 325 g/mol. The molecule has 0 radical (unpaired) electrons. The summed E-state index contributed by atoms with van der Waals surface area (Å²) in [6.45, 7) is 7.11. The van der Waals surface area contributed by atoms with Gasteiger partial charge in [-0.1, -0.05) is 38.1 Å². The first-order chi connectivity index (χ1) is 11.5. The van der Waals surface area contributed by atoms with E-state index in [-0.39, 0.29) is 11.9 Å². The van der Waals surface area contributed by atoms with Crippen molar-refractivity contribution < 1.29 is 4.79 Å². The molecule has 1 heterocycles. The Bertz CT molecular complexity index is 707. The van der Waals surface area contributed by atoms with Crippen LogP contribution in [0, 0.1) is 5.92 Å². The van der Waals surface area contributed by atoms with Crippen molar-refractivity contribution >= 4 is 5.91 Å². The minimum absolute atomic E-state index is 0.0807. The number of aryl methyl sites for hydroxylation is 1. The van der Waals surface area contributed by atoms with E-state index in [1.54, 1.807) is 0 Å². The molecule has 0 unspecified atom stereocenters. The quantitative estimate of drug-likeness (QED) is 0.845. The molecule has 1 aliphatic rings. The smallest absolute Gasteiger partial charge is 0.272 e. The third kappa shape index (κ3) is 3.23. The number of amides is 1. The van der Waals surface area contributed by atoms with E-state index < -0.39 is 0 Å². The highest BCUT2D eigenvalue weighted by atomic mass is 16.2. The maximum Gasteiger partial charge on any atom is 0.272 e. The van der Waals surface area contributed by atoms with Crippen LogP contribution >= 0.6 is 0 Å². The number of carbonyl (C=O) groups is 1. The number of rotatable bonds is 5. The Kier molecular flexibility index (Phi) is 4.74. The molecule has 1 amide bonds. The molecule has 1 aliphatic carbocycles. The zero-order valence-electron chi connectivity index (χ0n) is 15.1. The Labute approximate surface area is 144 Å². The molecule has 0 atom stereocenters. The summed E-state index contributed by atoms with van der Waals surface area (Å²) >= 11 is 0. The highest BCUT2D eigenvalue weighted by Gasteiger charge is 2.29. The zero-order chi connectivity index (χ0) is 17.3. The zero-order valence-corrected chi connectivity index (χ0v) is 15.1. The van der Waals surface area contributed by atoms with Gasteiger partial charge in [0.25, 0.3) is 5.91 Å². The molecule has 24 heavy (non-hydrogen) atoms. The van der Waals surface area contributed by atoms with Crippen LogP contribution in [0.4, 0.5) is 0 Å². The highest BCUT2D eigenvalue weighted by molar-refractivity contribution is 5.93. The number of fused-ring (bicyclic) bond motifs is 1. The van der Waals surface area contributed by atoms with E-state index >= 15 is 0 Å². The van der Waals surface area contributed by atoms with Gasteiger partial charge >= 0.3 is 0 Å². The van der Waals surface area contributed by atoms with Gasteiger partial charge in [0.15, 0.2) is 0 Å². The lowest BCUT2D eigenvalue weighted by atomic mass is 10.1. The minimum Gasteiger partial charge on any atom is -0.337 e. The normalized spacial score (nSPS) is 14.2. The fourth-order valence-corrected chi connectivity index (χ4v) is 3.56. The first-order valence-corrected chi connectivity index (χ1v) is 8.90. The third-order valence-corrected chi connectivity index (χ3v) is 4.86. The summed E-state index contributed by atoms with van der Waals surface area (Å²) < 4.78 is 1.85. The van der Waals surface area contributed by atoms with Gasteiger partial charge in [0.1, 0.15) is 5.69 Å². The molecule has 0 spiro atoms. The van der Waals surface area contributed by atoms with Gasteiger partial charge in [0, 0.05) is 19.6 Å². The molecule has 0 bridgehead atoms. The van der Waals surface area contributed by atoms with Crippen LogP contribution in [-0.4, -0.2) is 33.7 Å². The fourth-order valence-electron chi connectivity index (χ4n) is 3.56. The van der Waals surface area contributed by atoms with Crippen molar-refractivity contribution in [2.75, 3.05) is 7.05 Å². The number of likely N-dealkylation sites (N-methyl/N-ethyl adjacent to an activating group) is 1. The maximum atomic E-state index is 13.0. The lowest BCUT2D eigenvalue weighted by molar-refractivity contribution is 0.0725. The van der Waals surface area contributed by atoms with Gasteiger partial charge in [0.05, 0.1) is 5.69 Å². The van der Waals surface area contributed by atoms with Crippen molar-refractivity contribution in [3.8, 4) is 0 Å². The van der Waals surface area contributed by atoms with Crippen LogP contribution in [0.1, 0.15) is 48.1 Å². The highest BCUT2D eigenvalue weighted by Crippen LogP contribution is 2.25. The molecule has 3 rings (SSSR count). The number of benzene rings is 1. The van der Waals surface area contributed by atoms with Crippen LogP contribution in [-0.2, 0) is 25.8 Å². The molecule has 4 heteroatoms. The van der Waals surface area contributed by atoms with Crippen LogP contribution < -0.4 is 0 Å². The van der Waals surface area contributed by atoms with E-state index in [1.807, 2.05) is 29.6 Å². The molecular formula is C20H27N3O. The fraction of sp³-hybridized carbons (Fsp3) is 0.500. The topological polar surface area (TPSA) is 38.1 Å². The van der Waals surface area contributed by atoms with E-state index in [0.29, 0.717) is 11.6 Å². The number of hydrogen-bond acceptors (Lipinski definition) is 2. The Balaban J connectivity index is 1.78. The first-order valence-electron chi connectivity index (χ1n) is 8.90. The second kappa shape index (κ2) is 6.80. The molecule has 0 saturated heterocycles. The van der Waals surface area contributed by atoms with E-state index in [1.165, 1.54) is 11.1 Å². The largest absolute Gasteiger partial charge is 0.337 e. The monoisotopic (exact) mass is 325 g/mol. The number of nitrogens with zero attached hydrogens (tertiary/aromatic N) is 3. The lowest BCUT2D eigenvalue weighted by Gasteiger charge is -2.24. The van der Waals surface area contributed by atoms with Crippen LogP contribution in [0.25, 0.3) is 0 Å². The standard InChI is InChI=1S/C20H27N3O/c1-5-23-19(13-17(21-23)10-14(2)3)20(24)22(4)18-11-15-8-6-7-9-16(15)12-18/h6-9,13-14,18H,5,10-12H2,1-4H3. The summed E-state index contributed by atoms with van der Waals surface area (Å²) in [4.78, 5) is 14.9. The van der Waals surface area contributed by atoms with Crippen molar-refractivity contribution in [1.29, 1.82) is 0 Å². The van der Waals surface area contributed by atoms with Gasteiger partial charge in [-0.25, -0.2) is 0 Å². The van der Waals surface area contributed by atoms with Gasteiger partial charge < -0.3 is 4.90 Å². The average Bonchev–Trinajstić information content (AvgIpc) is 3.16.